The van der Waals surface area contributed by atoms with E-state index in [9.17, 15) is 9.18 Å². The smallest absolute Gasteiger partial charge is 0.251 e. The van der Waals surface area contributed by atoms with Crippen LogP contribution in [0.15, 0.2) is 47.3 Å². The standard InChI is InChI=1S/C17H12Cl2FNO/c1-10-6-17(22)21(16-8-12(20)3-4-13(10)16)9-11-2-5-14(18)15(19)7-11/h2-8H,9H2,1H3. The Morgan fingerprint density at radius 3 is 2.55 bits per heavy atom. The summed E-state index contributed by atoms with van der Waals surface area (Å²) in [6.45, 7) is 2.14. The van der Waals surface area contributed by atoms with E-state index in [-0.39, 0.29) is 11.4 Å². The van der Waals surface area contributed by atoms with Crippen molar-refractivity contribution in [1.29, 1.82) is 0 Å². The van der Waals surface area contributed by atoms with E-state index < -0.39 is 0 Å². The number of rotatable bonds is 2. The molecule has 0 bridgehead atoms. The molecule has 0 N–H and O–H groups in total. The van der Waals surface area contributed by atoms with E-state index in [1.165, 1.54) is 16.7 Å². The number of aromatic nitrogens is 1. The highest BCUT2D eigenvalue weighted by Crippen LogP contribution is 2.24. The first-order chi connectivity index (χ1) is 10.5. The normalized spacial score (nSPS) is 11.1. The van der Waals surface area contributed by atoms with Gasteiger partial charge < -0.3 is 4.57 Å². The summed E-state index contributed by atoms with van der Waals surface area (Å²) in [6, 6.07) is 11.2. The van der Waals surface area contributed by atoms with Crippen LogP contribution in [0.2, 0.25) is 10.0 Å². The molecule has 1 aromatic heterocycles. The molecule has 2 nitrogen and oxygen atoms in total. The van der Waals surface area contributed by atoms with Crippen molar-refractivity contribution >= 4 is 34.1 Å². The maximum Gasteiger partial charge on any atom is 0.251 e. The molecule has 22 heavy (non-hydrogen) atoms. The number of hydrogen-bond donors (Lipinski definition) is 0. The zero-order chi connectivity index (χ0) is 15.9. The van der Waals surface area contributed by atoms with Crippen LogP contribution in [0.5, 0.6) is 0 Å². The number of benzene rings is 2. The van der Waals surface area contributed by atoms with Crippen LogP contribution in [0.3, 0.4) is 0 Å². The predicted molar refractivity (Wildman–Crippen MR) is 88.5 cm³/mol. The van der Waals surface area contributed by atoms with Gasteiger partial charge in [-0.3, -0.25) is 4.79 Å². The van der Waals surface area contributed by atoms with Gasteiger partial charge in [0.15, 0.2) is 0 Å². The second-order valence-corrected chi connectivity index (χ2v) is 5.98. The average molecular weight is 336 g/mol. The van der Waals surface area contributed by atoms with Crippen molar-refractivity contribution in [3.8, 4) is 0 Å². The lowest BCUT2D eigenvalue weighted by molar-refractivity contribution is 0.627. The van der Waals surface area contributed by atoms with Crippen molar-refractivity contribution in [2.45, 2.75) is 13.5 Å². The maximum absolute atomic E-state index is 13.6. The molecule has 5 heteroatoms. The van der Waals surface area contributed by atoms with Crippen LogP contribution < -0.4 is 5.56 Å². The van der Waals surface area contributed by atoms with Crippen molar-refractivity contribution in [3.63, 3.8) is 0 Å². The van der Waals surface area contributed by atoms with E-state index in [4.69, 9.17) is 23.2 Å². The van der Waals surface area contributed by atoms with Gasteiger partial charge >= 0.3 is 0 Å². The Morgan fingerprint density at radius 1 is 1.05 bits per heavy atom. The molecule has 2 aromatic carbocycles. The zero-order valence-electron chi connectivity index (χ0n) is 11.7. The van der Waals surface area contributed by atoms with E-state index in [2.05, 4.69) is 0 Å². The van der Waals surface area contributed by atoms with Crippen LogP contribution in [-0.2, 0) is 6.54 Å². The van der Waals surface area contributed by atoms with Crippen molar-refractivity contribution in [1.82, 2.24) is 4.57 Å². The highest BCUT2D eigenvalue weighted by molar-refractivity contribution is 6.42. The van der Waals surface area contributed by atoms with Gasteiger partial charge in [-0.15, -0.1) is 0 Å². The monoisotopic (exact) mass is 335 g/mol. The molecule has 0 unspecified atom stereocenters. The van der Waals surface area contributed by atoms with Crippen molar-refractivity contribution in [2.75, 3.05) is 0 Å². The van der Waals surface area contributed by atoms with Gasteiger partial charge in [-0.2, -0.15) is 0 Å². The third-order valence-electron chi connectivity index (χ3n) is 3.61. The number of nitrogens with zero attached hydrogens (tertiary/aromatic N) is 1. The average Bonchev–Trinajstić information content (AvgIpc) is 2.47. The van der Waals surface area contributed by atoms with Gasteiger partial charge in [0.25, 0.3) is 5.56 Å². The van der Waals surface area contributed by atoms with E-state index in [0.717, 1.165) is 16.5 Å². The fourth-order valence-electron chi connectivity index (χ4n) is 2.50. The lowest BCUT2D eigenvalue weighted by atomic mass is 10.1. The fourth-order valence-corrected chi connectivity index (χ4v) is 2.83. The maximum atomic E-state index is 13.6. The van der Waals surface area contributed by atoms with Crippen molar-refractivity contribution in [3.05, 3.63) is 79.8 Å². The van der Waals surface area contributed by atoms with Gasteiger partial charge in [0.05, 0.1) is 22.1 Å². The Balaban J connectivity index is 2.19. The van der Waals surface area contributed by atoms with Gasteiger partial charge in [-0.05, 0) is 48.4 Å². The lowest BCUT2D eigenvalue weighted by Crippen LogP contribution is -2.21. The summed E-state index contributed by atoms with van der Waals surface area (Å²) in [6.07, 6.45) is 0. The van der Waals surface area contributed by atoms with Crippen LogP contribution >= 0.6 is 23.2 Å². The highest BCUT2D eigenvalue weighted by Gasteiger charge is 2.09. The molecule has 3 rings (SSSR count). The van der Waals surface area contributed by atoms with Crippen molar-refractivity contribution < 1.29 is 4.39 Å². The quantitative estimate of drug-likeness (QED) is 0.659. The third kappa shape index (κ3) is 2.74. The zero-order valence-corrected chi connectivity index (χ0v) is 13.2. The van der Waals surface area contributed by atoms with E-state index in [0.29, 0.717) is 22.1 Å². The van der Waals surface area contributed by atoms with Gasteiger partial charge in [0.2, 0.25) is 0 Å². The number of aryl methyl sites for hydroxylation is 1. The minimum absolute atomic E-state index is 0.179. The minimum Gasteiger partial charge on any atom is -0.304 e. The van der Waals surface area contributed by atoms with Gasteiger partial charge in [0.1, 0.15) is 5.82 Å². The largest absolute Gasteiger partial charge is 0.304 e. The molecular weight excluding hydrogens is 324 g/mol. The van der Waals surface area contributed by atoms with Crippen LogP contribution in [0.1, 0.15) is 11.1 Å². The second-order valence-electron chi connectivity index (χ2n) is 5.16. The Kier molecular flexibility index (Phi) is 3.94. The topological polar surface area (TPSA) is 22.0 Å². The molecule has 0 saturated carbocycles. The van der Waals surface area contributed by atoms with Crippen LogP contribution in [0, 0.1) is 12.7 Å². The summed E-state index contributed by atoms with van der Waals surface area (Å²) in [5, 5.41) is 1.73. The Hall–Kier alpha value is -1.84. The molecule has 3 aromatic rings. The van der Waals surface area contributed by atoms with E-state index in [1.807, 2.05) is 6.92 Å². The summed E-state index contributed by atoms with van der Waals surface area (Å²) < 4.78 is 15.1. The van der Waals surface area contributed by atoms with Crippen LogP contribution in [0.4, 0.5) is 4.39 Å². The van der Waals surface area contributed by atoms with Gasteiger partial charge in [-0.25, -0.2) is 4.39 Å². The number of hydrogen-bond acceptors (Lipinski definition) is 1. The lowest BCUT2D eigenvalue weighted by Gasteiger charge is -2.12. The first-order valence-electron chi connectivity index (χ1n) is 6.69. The predicted octanol–water partition coefficient (Wildman–Crippen LogP) is 4.80. The van der Waals surface area contributed by atoms with Gasteiger partial charge in [0, 0.05) is 11.5 Å². The Labute approximate surface area is 136 Å². The number of pyridine rings is 1. The van der Waals surface area contributed by atoms with Crippen LogP contribution in [0.25, 0.3) is 10.9 Å². The summed E-state index contributed by atoms with van der Waals surface area (Å²) in [5.41, 5.74) is 2.04. The molecule has 1 heterocycles. The Morgan fingerprint density at radius 2 is 1.82 bits per heavy atom. The third-order valence-corrected chi connectivity index (χ3v) is 4.35. The molecule has 0 aliphatic heterocycles. The van der Waals surface area contributed by atoms with Gasteiger partial charge in [-0.1, -0.05) is 29.3 Å². The summed E-state index contributed by atoms with van der Waals surface area (Å²) in [4.78, 5) is 12.3. The summed E-state index contributed by atoms with van der Waals surface area (Å²) >= 11 is 11.9. The molecule has 0 radical (unpaired) electrons. The molecule has 0 spiro atoms. The first-order valence-corrected chi connectivity index (χ1v) is 7.45. The van der Waals surface area contributed by atoms with E-state index >= 15 is 0 Å². The molecule has 0 amide bonds. The van der Waals surface area contributed by atoms with E-state index in [1.54, 1.807) is 30.3 Å². The van der Waals surface area contributed by atoms with Crippen molar-refractivity contribution in [2.24, 2.45) is 0 Å². The molecule has 0 atom stereocenters. The second kappa shape index (κ2) is 5.75. The first kappa shape index (κ1) is 15.1. The molecule has 0 aliphatic carbocycles. The molecule has 0 fully saturated rings. The van der Waals surface area contributed by atoms with Crippen LogP contribution in [-0.4, -0.2) is 4.57 Å². The summed E-state index contributed by atoms with van der Waals surface area (Å²) in [7, 11) is 0. The highest BCUT2D eigenvalue weighted by atomic mass is 35.5. The fraction of sp³-hybridized carbons (Fsp3) is 0.118. The molecule has 0 saturated heterocycles. The number of fused-ring (bicyclic) bond motifs is 1. The Bertz CT molecular complexity index is 934. The number of halogens is 3. The summed E-state index contributed by atoms with van der Waals surface area (Å²) in [5.74, 6) is -0.375. The minimum atomic E-state index is -0.375. The molecule has 112 valence electrons. The molecule has 0 aliphatic rings. The molecular formula is C17H12Cl2FNO. The SMILES string of the molecule is Cc1cc(=O)n(Cc2ccc(Cl)c(Cl)c2)c2cc(F)ccc12.